The molecule has 0 unspecified atom stereocenters. The Morgan fingerprint density at radius 1 is 1.58 bits per heavy atom. The summed E-state index contributed by atoms with van der Waals surface area (Å²) in [5, 5.41) is 1.02. The van der Waals surface area contributed by atoms with Crippen molar-refractivity contribution in [1.82, 2.24) is 9.36 Å². The van der Waals surface area contributed by atoms with Gasteiger partial charge in [0.15, 0.2) is 4.67 Å². The summed E-state index contributed by atoms with van der Waals surface area (Å²) in [6, 6.07) is 1.81. The lowest BCUT2D eigenvalue weighted by atomic mass is 10.4. The molecule has 0 bridgehead atoms. The average molecular weight is 266 g/mol. The van der Waals surface area contributed by atoms with Gasteiger partial charge in [-0.3, -0.25) is 0 Å². The van der Waals surface area contributed by atoms with Gasteiger partial charge in [-0.1, -0.05) is 0 Å². The van der Waals surface area contributed by atoms with Crippen molar-refractivity contribution < 1.29 is 4.42 Å². The highest BCUT2D eigenvalue weighted by atomic mass is 79.9. The van der Waals surface area contributed by atoms with Crippen LogP contribution in [0.3, 0.4) is 0 Å². The van der Waals surface area contributed by atoms with Gasteiger partial charge >= 0.3 is 0 Å². The molecule has 0 aliphatic heterocycles. The zero-order valence-corrected chi connectivity index (χ0v) is 8.78. The molecule has 0 spiro atoms. The van der Waals surface area contributed by atoms with Crippen LogP contribution < -0.4 is 0 Å². The van der Waals surface area contributed by atoms with E-state index in [1.165, 1.54) is 11.5 Å². The van der Waals surface area contributed by atoms with E-state index in [0.717, 1.165) is 10.6 Å². The molecule has 0 N–H and O–H groups in total. The Morgan fingerprint density at radius 2 is 2.42 bits per heavy atom. The molecule has 6 heteroatoms. The van der Waals surface area contributed by atoms with E-state index >= 15 is 0 Å². The van der Waals surface area contributed by atoms with Crippen molar-refractivity contribution in [1.29, 1.82) is 0 Å². The maximum atomic E-state index is 5.57. The SMILES string of the molecule is Clc1nsc(-c2ccoc2Br)n1. The normalized spacial score (nSPS) is 10.5. The van der Waals surface area contributed by atoms with E-state index in [-0.39, 0.29) is 5.28 Å². The third kappa shape index (κ3) is 1.39. The highest BCUT2D eigenvalue weighted by Gasteiger charge is 2.10. The fraction of sp³-hybridized carbons (Fsp3) is 0. The molecule has 2 aromatic heterocycles. The minimum Gasteiger partial charge on any atom is -0.457 e. The minimum atomic E-state index is 0.267. The fourth-order valence-electron chi connectivity index (χ4n) is 0.761. The maximum absolute atomic E-state index is 5.57. The average Bonchev–Trinajstić information content (AvgIpc) is 2.58. The van der Waals surface area contributed by atoms with Crippen molar-refractivity contribution >= 4 is 39.1 Å². The van der Waals surface area contributed by atoms with Crippen LogP contribution in [-0.2, 0) is 0 Å². The first-order chi connectivity index (χ1) is 5.77. The number of halogens is 2. The summed E-state index contributed by atoms with van der Waals surface area (Å²) in [4.78, 5) is 4.00. The molecule has 2 rings (SSSR count). The van der Waals surface area contributed by atoms with Gasteiger partial charge in [0.2, 0.25) is 5.28 Å². The molecule has 3 nitrogen and oxygen atoms in total. The van der Waals surface area contributed by atoms with Crippen LogP contribution in [0.5, 0.6) is 0 Å². The van der Waals surface area contributed by atoms with Crippen molar-refractivity contribution in [2.45, 2.75) is 0 Å². The van der Waals surface area contributed by atoms with Gasteiger partial charge in [-0.25, -0.2) is 4.98 Å². The van der Waals surface area contributed by atoms with Gasteiger partial charge in [-0.15, -0.1) is 0 Å². The number of nitrogens with zero attached hydrogens (tertiary/aromatic N) is 2. The van der Waals surface area contributed by atoms with Gasteiger partial charge in [0.05, 0.1) is 11.8 Å². The second-order valence-electron chi connectivity index (χ2n) is 1.98. The predicted octanol–water partition coefficient (Wildman–Crippen LogP) is 3.21. The monoisotopic (exact) mass is 264 g/mol. The number of hydrogen-bond acceptors (Lipinski definition) is 4. The number of hydrogen-bond donors (Lipinski definition) is 0. The maximum Gasteiger partial charge on any atom is 0.234 e. The second kappa shape index (κ2) is 3.16. The highest BCUT2D eigenvalue weighted by Crippen LogP contribution is 2.30. The molecule has 0 radical (unpaired) electrons. The van der Waals surface area contributed by atoms with E-state index in [4.69, 9.17) is 16.0 Å². The molecule has 0 aliphatic rings. The Balaban J connectivity index is 2.50. The van der Waals surface area contributed by atoms with Gasteiger partial charge in [0, 0.05) is 0 Å². The van der Waals surface area contributed by atoms with E-state index in [2.05, 4.69) is 25.3 Å². The van der Waals surface area contributed by atoms with E-state index in [1.807, 2.05) is 0 Å². The van der Waals surface area contributed by atoms with Crippen molar-refractivity contribution in [3.05, 3.63) is 22.3 Å². The molecular formula is C6H2BrClN2OS. The molecule has 0 fully saturated rings. The van der Waals surface area contributed by atoms with Crippen LogP contribution in [-0.4, -0.2) is 9.36 Å². The summed E-state index contributed by atoms with van der Waals surface area (Å²) in [5.41, 5.74) is 0.874. The van der Waals surface area contributed by atoms with Crippen LogP contribution in [0.4, 0.5) is 0 Å². The molecule has 2 heterocycles. The van der Waals surface area contributed by atoms with Gasteiger partial charge in [0.1, 0.15) is 5.01 Å². The standard InChI is InChI=1S/C6H2BrClN2OS/c7-4-3(1-2-11-4)5-9-6(8)10-12-5/h1-2H. The number of rotatable bonds is 1. The molecule has 0 saturated heterocycles. The second-order valence-corrected chi connectivity index (χ2v) is 3.79. The van der Waals surface area contributed by atoms with Crippen molar-refractivity contribution in [3.63, 3.8) is 0 Å². The lowest BCUT2D eigenvalue weighted by Gasteiger charge is -1.86. The first-order valence-electron chi connectivity index (χ1n) is 3.00. The Kier molecular flexibility index (Phi) is 2.16. The molecule has 0 aliphatic carbocycles. The highest BCUT2D eigenvalue weighted by molar-refractivity contribution is 9.10. The molecule has 2 aromatic rings. The van der Waals surface area contributed by atoms with E-state index in [1.54, 1.807) is 12.3 Å². The third-order valence-corrected chi connectivity index (χ3v) is 2.88. The fourth-order valence-corrected chi connectivity index (χ4v) is 2.15. The molecule has 0 amide bonds. The zero-order valence-electron chi connectivity index (χ0n) is 5.62. The Morgan fingerprint density at radius 3 is 2.92 bits per heavy atom. The van der Waals surface area contributed by atoms with Crippen LogP contribution in [0.15, 0.2) is 21.4 Å². The Bertz CT molecular complexity index is 400. The Hall–Kier alpha value is -0.390. The molecule has 0 aromatic carbocycles. The summed E-state index contributed by atoms with van der Waals surface area (Å²) < 4.78 is 9.54. The van der Waals surface area contributed by atoms with Crippen LogP contribution in [0.25, 0.3) is 10.6 Å². The number of aromatic nitrogens is 2. The van der Waals surface area contributed by atoms with Crippen molar-refractivity contribution in [2.75, 3.05) is 0 Å². The lowest BCUT2D eigenvalue weighted by Crippen LogP contribution is -1.70. The summed E-state index contributed by atoms with van der Waals surface area (Å²) in [6.07, 6.45) is 1.58. The quantitative estimate of drug-likeness (QED) is 0.795. The number of furan rings is 1. The first-order valence-corrected chi connectivity index (χ1v) is 4.94. The molecular weight excluding hydrogens is 264 g/mol. The van der Waals surface area contributed by atoms with E-state index < -0.39 is 0 Å². The smallest absolute Gasteiger partial charge is 0.234 e. The summed E-state index contributed by atoms with van der Waals surface area (Å²) >= 11 is 10.1. The zero-order chi connectivity index (χ0) is 8.55. The van der Waals surface area contributed by atoms with E-state index in [0.29, 0.717) is 4.67 Å². The topological polar surface area (TPSA) is 38.9 Å². The van der Waals surface area contributed by atoms with Crippen LogP contribution in [0.1, 0.15) is 0 Å². The molecule has 12 heavy (non-hydrogen) atoms. The first kappa shape index (κ1) is 8.22. The third-order valence-electron chi connectivity index (χ3n) is 1.25. The lowest BCUT2D eigenvalue weighted by molar-refractivity contribution is 0.542. The van der Waals surface area contributed by atoms with Gasteiger partial charge in [0.25, 0.3) is 0 Å². The minimum absolute atomic E-state index is 0.267. The van der Waals surface area contributed by atoms with Crippen LogP contribution in [0, 0.1) is 0 Å². The molecule has 62 valence electrons. The molecule has 0 atom stereocenters. The van der Waals surface area contributed by atoms with Gasteiger partial charge < -0.3 is 4.42 Å². The van der Waals surface area contributed by atoms with E-state index in [9.17, 15) is 0 Å². The largest absolute Gasteiger partial charge is 0.457 e. The van der Waals surface area contributed by atoms with Crippen LogP contribution in [0.2, 0.25) is 5.28 Å². The summed E-state index contributed by atoms with van der Waals surface area (Å²) in [6.45, 7) is 0. The van der Waals surface area contributed by atoms with Gasteiger partial charge in [-0.2, -0.15) is 4.37 Å². The Labute approximate surface area is 85.7 Å². The van der Waals surface area contributed by atoms with Crippen LogP contribution >= 0.6 is 39.1 Å². The van der Waals surface area contributed by atoms with Crippen molar-refractivity contribution in [2.24, 2.45) is 0 Å². The molecule has 0 saturated carbocycles. The summed E-state index contributed by atoms with van der Waals surface area (Å²) in [5.74, 6) is 0. The summed E-state index contributed by atoms with van der Waals surface area (Å²) in [7, 11) is 0. The predicted molar refractivity (Wildman–Crippen MR) is 50.3 cm³/mol. The van der Waals surface area contributed by atoms with Crippen molar-refractivity contribution in [3.8, 4) is 10.6 Å². The van der Waals surface area contributed by atoms with Gasteiger partial charge in [-0.05, 0) is 45.1 Å².